The number of aromatic amines is 1. The first-order chi connectivity index (χ1) is 14.2. The standard InChI is InChI=1S/C21H20BrN5O2/c1-3-14-12-24-27(2)21(14)29-10-6-9-28-19-8-5-4-7-15(19)17-11-16-18(13-23-17)25-26-20(16)22/h3-5,7-8,11-13H,1,6,9-10H2,2H3,(H,25,26). The number of nitrogens with zero attached hydrogens (tertiary/aromatic N) is 4. The van der Waals surface area contributed by atoms with E-state index in [4.69, 9.17) is 9.47 Å². The highest BCUT2D eigenvalue weighted by molar-refractivity contribution is 9.10. The summed E-state index contributed by atoms with van der Waals surface area (Å²) >= 11 is 3.48. The number of halogens is 1. The molecule has 0 unspecified atom stereocenters. The van der Waals surface area contributed by atoms with Gasteiger partial charge >= 0.3 is 0 Å². The van der Waals surface area contributed by atoms with Gasteiger partial charge in [-0.3, -0.25) is 10.1 Å². The maximum atomic E-state index is 6.02. The molecular weight excluding hydrogens is 434 g/mol. The average molecular weight is 454 g/mol. The summed E-state index contributed by atoms with van der Waals surface area (Å²) in [7, 11) is 1.84. The Morgan fingerprint density at radius 3 is 2.90 bits per heavy atom. The first-order valence-electron chi connectivity index (χ1n) is 9.16. The van der Waals surface area contributed by atoms with E-state index in [2.05, 4.69) is 42.8 Å². The normalized spacial score (nSPS) is 11.0. The van der Waals surface area contributed by atoms with Gasteiger partial charge < -0.3 is 9.47 Å². The number of rotatable bonds is 8. The Hall–Kier alpha value is -3.13. The van der Waals surface area contributed by atoms with Crippen molar-refractivity contribution in [1.82, 2.24) is 25.0 Å². The maximum absolute atomic E-state index is 6.02. The van der Waals surface area contributed by atoms with E-state index in [1.54, 1.807) is 23.2 Å². The lowest BCUT2D eigenvalue weighted by Gasteiger charge is -2.12. The largest absolute Gasteiger partial charge is 0.493 e. The van der Waals surface area contributed by atoms with Gasteiger partial charge in [-0.2, -0.15) is 10.2 Å². The Balaban J connectivity index is 1.41. The van der Waals surface area contributed by atoms with Crippen molar-refractivity contribution < 1.29 is 9.47 Å². The molecule has 4 rings (SSSR count). The van der Waals surface area contributed by atoms with Gasteiger partial charge in [0.25, 0.3) is 0 Å². The monoisotopic (exact) mass is 453 g/mol. The Bertz CT molecular complexity index is 1150. The summed E-state index contributed by atoms with van der Waals surface area (Å²) in [5, 5.41) is 12.3. The van der Waals surface area contributed by atoms with Crippen molar-refractivity contribution >= 4 is 32.9 Å². The van der Waals surface area contributed by atoms with E-state index in [0.29, 0.717) is 19.1 Å². The van der Waals surface area contributed by atoms with Gasteiger partial charge in [-0.05, 0) is 34.1 Å². The molecule has 3 aromatic heterocycles. The quantitative estimate of drug-likeness (QED) is 0.394. The zero-order valence-electron chi connectivity index (χ0n) is 15.9. The predicted octanol–water partition coefficient (Wildman–Crippen LogP) is 4.61. The second-order valence-electron chi connectivity index (χ2n) is 6.40. The van der Waals surface area contributed by atoms with Crippen molar-refractivity contribution in [3.8, 4) is 22.9 Å². The third-order valence-electron chi connectivity index (χ3n) is 4.47. The summed E-state index contributed by atoms with van der Waals surface area (Å²) in [5.41, 5.74) is 3.46. The second-order valence-corrected chi connectivity index (χ2v) is 7.20. The van der Waals surface area contributed by atoms with Crippen LogP contribution in [0, 0.1) is 0 Å². The Labute approximate surface area is 176 Å². The van der Waals surface area contributed by atoms with Crippen LogP contribution in [0.4, 0.5) is 0 Å². The second kappa shape index (κ2) is 8.48. The van der Waals surface area contributed by atoms with E-state index in [9.17, 15) is 0 Å². The fourth-order valence-corrected chi connectivity index (χ4v) is 3.41. The van der Waals surface area contributed by atoms with Crippen molar-refractivity contribution in [1.29, 1.82) is 0 Å². The minimum absolute atomic E-state index is 0.523. The van der Waals surface area contributed by atoms with E-state index in [-0.39, 0.29) is 0 Å². The molecule has 0 atom stereocenters. The molecule has 0 bridgehead atoms. The molecule has 0 spiro atoms. The number of ether oxygens (including phenoxy) is 2. The van der Waals surface area contributed by atoms with Gasteiger partial charge in [0.15, 0.2) is 0 Å². The van der Waals surface area contributed by atoms with Gasteiger partial charge in [0, 0.05) is 24.4 Å². The SMILES string of the molecule is C=Cc1cnn(C)c1OCCCOc1ccccc1-c1cc2c(Br)[nH]nc2cn1. The molecule has 0 fully saturated rings. The Morgan fingerprint density at radius 2 is 2.03 bits per heavy atom. The van der Waals surface area contributed by atoms with E-state index in [1.807, 2.05) is 37.4 Å². The van der Waals surface area contributed by atoms with Crippen molar-refractivity contribution in [3.05, 3.63) is 59.5 Å². The molecule has 0 aliphatic heterocycles. The van der Waals surface area contributed by atoms with Crippen molar-refractivity contribution in [2.24, 2.45) is 7.05 Å². The summed E-state index contributed by atoms with van der Waals surface area (Å²) < 4.78 is 14.4. The summed E-state index contributed by atoms with van der Waals surface area (Å²) in [6.45, 7) is 4.82. The van der Waals surface area contributed by atoms with Crippen LogP contribution in [0.5, 0.6) is 11.6 Å². The first kappa shape index (κ1) is 19.2. The number of H-pyrrole nitrogens is 1. The number of pyridine rings is 1. The molecule has 8 heteroatoms. The van der Waals surface area contributed by atoms with Gasteiger partial charge in [0.2, 0.25) is 5.88 Å². The third kappa shape index (κ3) is 4.02. The number of para-hydroxylation sites is 1. The molecule has 0 saturated carbocycles. The number of aromatic nitrogens is 5. The molecule has 29 heavy (non-hydrogen) atoms. The highest BCUT2D eigenvalue weighted by Gasteiger charge is 2.11. The van der Waals surface area contributed by atoms with Crippen molar-refractivity contribution in [2.75, 3.05) is 13.2 Å². The van der Waals surface area contributed by atoms with Crippen LogP contribution < -0.4 is 9.47 Å². The molecule has 0 aliphatic rings. The van der Waals surface area contributed by atoms with Gasteiger partial charge in [-0.25, -0.2) is 4.68 Å². The molecule has 0 saturated heterocycles. The molecule has 4 aromatic rings. The van der Waals surface area contributed by atoms with Gasteiger partial charge in [-0.15, -0.1) is 0 Å². The van der Waals surface area contributed by atoms with Gasteiger partial charge in [-0.1, -0.05) is 24.8 Å². The van der Waals surface area contributed by atoms with Crippen LogP contribution in [0.1, 0.15) is 12.0 Å². The van der Waals surface area contributed by atoms with Gasteiger partial charge in [0.05, 0.1) is 36.9 Å². The van der Waals surface area contributed by atoms with Crippen LogP contribution in [0.2, 0.25) is 0 Å². The number of fused-ring (bicyclic) bond motifs is 1. The van der Waals surface area contributed by atoms with Crippen LogP contribution in [0.15, 0.2) is 53.9 Å². The van der Waals surface area contributed by atoms with Crippen molar-refractivity contribution in [3.63, 3.8) is 0 Å². The Morgan fingerprint density at radius 1 is 1.21 bits per heavy atom. The molecule has 0 radical (unpaired) electrons. The summed E-state index contributed by atoms with van der Waals surface area (Å²) in [4.78, 5) is 4.53. The third-order valence-corrected chi connectivity index (χ3v) is 5.08. The van der Waals surface area contributed by atoms with Crippen LogP contribution in [0.3, 0.4) is 0 Å². The lowest BCUT2D eigenvalue weighted by molar-refractivity contribution is 0.236. The molecule has 148 valence electrons. The fraction of sp³-hybridized carbons (Fsp3) is 0.190. The van der Waals surface area contributed by atoms with Crippen LogP contribution >= 0.6 is 15.9 Å². The average Bonchev–Trinajstić information content (AvgIpc) is 3.30. The highest BCUT2D eigenvalue weighted by atomic mass is 79.9. The molecule has 0 aliphatic carbocycles. The van der Waals surface area contributed by atoms with E-state index < -0.39 is 0 Å². The summed E-state index contributed by atoms with van der Waals surface area (Å²) in [6.07, 6.45) is 5.95. The van der Waals surface area contributed by atoms with Crippen molar-refractivity contribution in [2.45, 2.75) is 6.42 Å². The molecule has 7 nitrogen and oxygen atoms in total. The number of nitrogens with one attached hydrogen (secondary N) is 1. The van der Waals surface area contributed by atoms with E-state index in [1.165, 1.54) is 0 Å². The first-order valence-corrected chi connectivity index (χ1v) is 9.95. The molecule has 1 aromatic carbocycles. The number of hydrogen-bond acceptors (Lipinski definition) is 5. The molecule has 0 amide bonds. The summed E-state index contributed by atoms with van der Waals surface area (Å²) in [6, 6.07) is 9.87. The number of hydrogen-bond donors (Lipinski definition) is 1. The lowest BCUT2D eigenvalue weighted by atomic mass is 10.1. The fourth-order valence-electron chi connectivity index (χ4n) is 3.00. The zero-order valence-corrected chi connectivity index (χ0v) is 17.5. The zero-order chi connectivity index (χ0) is 20.2. The molecule has 3 heterocycles. The smallest absolute Gasteiger partial charge is 0.218 e. The minimum atomic E-state index is 0.523. The van der Waals surface area contributed by atoms with Crippen LogP contribution in [0.25, 0.3) is 28.2 Å². The lowest BCUT2D eigenvalue weighted by Crippen LogP contribution is -2.08. The maximum Gasteiger partial charge on any atom is 0.218 e. The molecular formula is C21H20BrN5O2. The van der Waals surface area contributed by atoms with E-state index >= 15 is 0 Å². The summed E-state index contributed by atoms with van der Waals surface area (Å²) in [5.74, 6) is 1.50. The van der Waals surface area contributed by atoms with E-state index in [0.717, 1.165) is 44.5 Å². The number of aryl methyl sites for hydroxylation is 1. The predicted molar refractivity (Wildman–Crippen MR) is 116 cm³/mol. The minimum Gasteiger partial charge on any atom is -0.493 e. The molecule has 1 N–H and O–H groups in total. The van der Waals surface area contributed by atoms with Crippen LogP contribution in [-0.4, -0.2) is 38.2 Å². The van der Waals surface area contributed by atoms with Crippen LogP contribution in [-0.2, 0) is 7.05 Å². The highest BCUT2D eigenvalue weighted by Crippen LogP contribution is 2.31. The number of benzene rings is 1. The topological polar surface area (TPSA) is 77.9 Å². The van der Waals surface area contributed by atoms with Gasteiger partial charge in [0.1, 0.15) is 15.9 Å². The Kier molecular flexibility index (Phi) is 5.62.